The molecule has 11 heteroatoms. The van der Waals surface area contributed by atoms with E-state index in [-0.39, 0.29) is 37.0 Å². The molecule has 4 rings (SSSR count). The van der Waals surface area contributed by atoms with Gasteiger partial charge in [-0.1, -0.05) is 38.1 Å². The summed E-state index contributed by atoms with van der Waals surface area (Å²) in [4.78, 5) is 31.0. The summed E-state index contributed by atoms with van der Waals surface area (Å²) in [5.41, 5.74) is 5.80. The number of nitrogens with two attached hydrogens (primary N) is 1. The second kappa shape index (κ2) is 12.6. The van der Waals surface area contributed by atoms with Gasteiger partial charge in [0.2, 0.25) is 11.8 Å². The number of amides is 2. The van der Waals surface area contributed by atoms with Crippen LogP contribution in [-0.4, -0.2) is 78.8 Å². The maximum absolute atomic E-state index is 14.3. The van der Waals surface area contributed by atoms with Gasteiger partial charge in [-0.05, 0) is 36.5 Å². The van der Waals surface area contributed by atoms with Crippen LogP contribution in [0, 0.1) is 23.2 Å². The first kappa shape index (κ1) is 30.5. The number of nitrogens with zero attached hydrogens (tertiary/aromatic N) is 4. The van der Waals surface area contributed by atoms with Crippen LogP contribution >= 0.6 is 0 Å². The lowest BCUT2D eigenvalue weighted by molar-refractivity contribution is -0.147. The summed E-state index contributed by atoms with van der Waals surface area (Å²) in [6.45, 7) is 7.10. The summed E-state index contributed by atoms with van der Waals surface area (Å²) in [5.74, 6) is -1.16. The number of likely N-dealkylation sites (tertiary alicyclic amines) is 1. The molecule has 0 spiro atoms. The first-order valence-corrected chi connectivity index (χ1v) is 14.1. The predicted molar refractivity (Wildman–Crippen MR) is 151 cm³/mol. The van der Waals surface area contributed by atoms with Gasteiger partial charge in [-0.2, -0.15) is 5.26 Å². The lowest BCUT2D eigenvalue weighted by Crippen LogP contribution is -2.60. The molecule has 222 valence electrons. The van der Waals surface area contributed by atoms with Crippen molar-refractivity contribution in [3.8, 4) is 6.07 Å². The Labute approximate surface area is 241 Å². The van der Waals surface area contributed by atoms with Gasteiger partial charge in [0.25, 0.3) is 0 Å². The molecule has 2 aromatic rings. The number of methoxy groups -OCH3 is 2. The molecule has 2 aliphatic rings. The van der Waals surface area contributed by atoms with Gasteiger partial charge in [-0.15, -0.1) is 0 Å². The summed E-state index contributed by atoms with van der Waals surface area (Å²) >= 11 is 0. The molecule has 2 saturated heterocycles. The Morgan fingerprint density at radius 1 is 1.17 bits per heavy atom. The van der Waals surface area contributed by atoms with Crippen LogP contribution in [-0.2, 0) is 19.1 Å². The van der Waals surface area contributed by atoms with Gasteiger partial charge in [0.05, 0.1) is 17.7 Å². The average Bonchev–Trinajstić information content (AvgIpc) is 3.59. The Balaban J connectivity index is 1.60. The fraction of sp³-hybridized carbons (Fsp3) is 0.600. The molecule has 3 N–H and O–H groups in total. The zero-order chi connectivity index (χ0) is 29.9. The van der Waals surface area contributed by atoms with Gasteiger partial charge in [0, 0.05) is 58.2 Å². The van der Waals surface area contributed by atoms with Crippen LogP contribution < -0.4 is 10.6 Å². The molecule has 2 amide bonds. The van der Waals surface area contributed by atoms with Crippen molar-refractivity contribution in [1.29, 1.82) is 5.26 Å². The number of benzene rings is 1. The highest BCUT2D eigenvalue weighted by molar-refractivity contribution is 5.94. The molecule has 0 radical (unpaired) electrons. The lowest BCUT2D eigenvalue weighted by Gasteiger charge is -2.42. The Morgan fingerprint density at radius 3 is 2.34 bits per heavy atom. The van der Waals surface area contributed by atoms with Crippen molar-refractivity contribution < 1.29 is 28.7 Å². The summed E-state index contributed by atoms with van der Waals surface area (Å²) in [7, 11) is 3.29. The summed E-state index contributed by atoms with van der Waals surface area (Å²) < 4.78 is 16.6. The third-order valence-electron chi connectivity index (χ3n) is 8.84. The first-order valence-electron chi connectivity index (χ1n) is 14.1. The van der Waals surface area contributed by atoms with Gasteiger partial charge in [0.1, 0.15) is 11.5 Å². The van der Waals surface area contributed by atoms with E-state index in [0.717, 1.165) is 31.5 Å². The van der Waals surface area contributed by atoms with Crippen molar-refractivity contribution in [1.82, 2.24) is 10.1 Å². The monoisotopic (exact) mass is 567 g/mol. The Bertz CT molecular complexity index is 1240. The van der Waals surface area contributed by atoms with Gasteiger partial charge < -0.3 is 34.6 Å². The Kier molecular flexibility index (Phi) is 9.37. The van der Waals surface area contributed by atoms with Crippen molar-refractivity contribution >= 4 is 17.6 Å². The molecular formula is C30H41N5O6. The van der Waals surface area contributed by atoms with E-state index in [1.807, 2.05) is 20.8 Å². The Hall–Kier alpha value is -3.46. The van der Waals surface area contributed by atoms with E-state index in [2.05, 4.69) is 16.1 Å². The number of carbonyl (C=O) groups excluding carboxylic acids is 2. The number of anilines is 1. The molecule has 0 bridgehead atoms. The van der Waals surface area contributed by atoms with Crippen LogP contribution in [0.15, 0.2) is 34.9 Å². The SMILES string of the molecule is COC(OC)C1CCN(c2cc([C@@H](C(=O)N3CC(O)CC3(C(N)=O)[C@@H](C)c3ccc(C#N)cc3)C(C)C)on2)CC1. The van der Waals surface area contributed by atoms with Gasteiger partial charge >= 0.3 is 0 Å². The summed E-state index contributed by atoms with van der Waals surface area (Å²) in [6.07, 6.45) is 0.568. The number of aromatic nitrogens is 1. The fourth-order valence-corrected chi connectivity index (χ4v) is 6.53. The fourth-order valence-electron chi connectivity index (χ4n) is 6.53. The number of rotatable bonds is 10. The van der Waals surface area contributed by atoms with Crippen LogP contribution in [0.2, 0.25) is 0 Å². The normalized spacial score (nSPS) is 23.1. The molecule has 0 saturated carbocycles. The van der Waals surface area contributed by atoms with Crippen molar-refractivity contribution in [2.45, 2.75) is 69.8 Å². The van der Waals surface area contributed by atoms with Crippen molar-refractivity contribution in [2.24, 2.45) is 17.6 Å². The van der Waals surface area contributed by atoms with Gasteiger partial charge in [-0.3, -0.25) is 9.59 Å². The van der Waals surface area contributed by atoms with Crippen LogP contribution in [0.3, 0.4) is 0 Å². The van der Waals surface area contributed by atoms with Crippen molar-refractivity contribution in [3.05, 3.63) is 47.2 Å². The number of β-amino-alcohol motifs (C(OH)–C–C–N with tert-alkyl or cyclic N) is 1. The molecule has 2 unspecified atom stereocenters. The molecule has 3 heterocycles. The molecule has 4 atom stereocenters. The standard InChI is InChI=1S/C30H41N5O6/c1-18(2)26(24-14-25(33-41-24)34-12-10-22(11-13-34)28(39-4)40-5)27(37)35-17-23(36)15-30(35,29(32)38)19(3)21-8-6-20(16-31)7-9-21/h6-9,14,18-19,22-23,26,28,36H,10-13,15,17H2,1-5H3,(H2,32,38)/t19-,23?,26-,30?/m0/s1. The van der Waals surface area contributed by atoms with Crippen LogP contribution in [0.5, 0.6) is 0 Å². The van der Waals surface area contributed by atoms with Crippen LogP contribution in [0.1, 0.15) is 68.8 Å². The molecule has 11 nitrogen and oxygen atoms in total. The van der Waals surface area contributed by atoms with E-state index >= 15 is 0 Å². The van der Waals surface area contributed by atoms with Gasteiger partial charge in [-0.25, -0.2) is 0 Å². The van der Waals surface area contributed by atoms with E-state index < -0.39 is 29.4 Å². The number of primary amides is 1. The smallest absolute Gasteiger partial charge is 0.244 e. The molecule has 2 aliphatic heterocycles. The highest BCUT2D eigenvalue weighted by Gasteiger charge is 2.57. The van der Waals surface area contributed by atoms with Crippen molar-refractivity contribution in [3.63, 3.8) is 0 Å². The number of carbonyl (C=O) groups is 2. The molecular weight excluding hydrogens is 526 g/mol. The Morgan fingerprint density at radius 2 is 1.80 bits per heavy atom. The average molecular weight is 568 g/mol. The molecule has 41 heavy (non-hydrogen) atoms. The molecule has 1 aromatic carbocycles. The minimum Gasteiger partial charge on any atom is -0.391 e. The van der Waals surface area contributed by atoms with E-state index in [1.165, 1.54) is 4.90 Å². The van der Waals surface area contributed by atoms with E-state index in [0.29, 0.717) is 17.1 Å². The largest absolute Gasteiger partial charge is 0.391 e. The van der Waals surface area contributed by atoms with E-state index in [9.17, 15) is 20.0 Å². The van der Waals surface area contributed by atoms with Crippen LogP contribution in [0.4, 0.5) is 5.82 Å². The third-order valence-corrected chi connectivity index (χ3v) is 8.84. The van der Waals surface area contributed by atoms with E-state index in [1.54, 1.807) is 44.6 Å². The molecule has 2 fully saturated rings. The number of hydrogen-bond donors (Lipinski definition) is 2. The number of hydrogen-bond acceptors (Lipinski definition) is 9. The zero-order valence-corrected chi connectivity index (χ0v) is 24.4. The minimum atomic E-state index is -1.46. The maximum atomic E-state index is 14.3. The van der Waals surface area contributed by atoms with Gasteiger partial charge in [0.15, 0.2) is 17.9 Å². The molecule has 0 aliphatic carbocycles. The number of aliphatic hydroxyl groups excluding tert-OH is 1. The number of nitriles is 1. The highest BCUT2D eigenvalue weighted by atomic mass is 16.7. The van der Waals surface area contributed by atoms with Crippen molar-refractivity contribution in [2.75, 3.05) is 38.8 Å². The third kappa shape index (κ3) is 5.82. The number of aliphatic hydroxyl groups is 1. The summed E-state index contributed by atoms with van der Waals surface area (Å²) in [5, 5.41) is 24.3. The topological polar surface area (TPSA) is 155 Å². The quantitative estimate of drug-likeness (QED) is 0.412. The molecule has 1 aromatic heterocycles. The number of ether oxygens (including phenoxy) is 2. The van der Waals surface area contributed by atoms with Crippen LogP contribution in [0.25, 0.3) is 0 Å². The second-order valence-corrected chi connectivity index (χ2v) is 11.5. The minimum absolute atomic E-state index is 0.0145. The van der Waals surface area contributed by atoms with E-state index in [4.69, 9.17) is 19.7 Å². The number of piperidine rings is 1. The lowest BCUT2D eigenvalue weighted by atomic mass is 9.76. The summed E-state index contributed by atoms with van der Waals surface area (Å²) in [6, 6.07) is 10.7. The highest BCUT2D eigenvalue weighted by Crippen LogP contribution is 2.44. The second-order valence-electron chi connectivity index (χ2n) is 11.5. The zero-order valence-electron chi connectivity index (χ0n) is 24.4. The first-order chi connectivity index (χ1) is 19.6. The predicted octanol–water partition coefficient (Wildman–Crippen LogP) is 2.74. The maximum Gasteiger partial charge on any atom is 0.244 e.